The minimum Gasteiger partial charge on any atom is -0.389 e. The monoisotopic (exact) mass is 266 g/mol. The Hall–Kier alpha value is -1.46. The first-order chi connectivity index (χ1) is 8.96. The van der Waals surface area contributed by atoms with E-state index in [0.717, 1.165) is 0 Å². The standard InChI is InChI=1S/C14H19FN2O2/c1-14(19)6-7-17(10-14)9-13(18)16-8-11-4-2-3-5-12(11)15/h2-5,19H,6-10H2,1H3,(H,16,18). The summed E-state index contributed by atoms with van der Waals surface area (Å²) >= 11 is 0. The van der Waals surface area contributed by atoms with Gasteiger partial charge in [0.05, 0.1) is 12.1 Å². The quantitative estimate of drug-likeness (QED) is 0.851. The van der Waals surface area contributed by atoms with Gasteiger partial charge in [-0.3, -0.25) is 9.69 Å². The maximum atomic E-state index is 13.4. The molecule has 1 atom stereocenters. The van der Waals surface area contributed by atoms with Gasteiger partial charge in [0, 0.05) is 25.2 Å². The van der Waals surface area contributed by atoms with Crippen LogP contribution < -0.4 is 5.32 Å². The highest BCUT2D eigenvalue weighted by Gasteiger charge is 2.31. The molecule has 2 N–H and O–H groups in total. The van der Waals surface area contributed by atoms with E-state index in [-0.39, 0.29) is 24.8 Å². The molecular weight excluding hydrogens is 247 g/mol. The molecule has 1 aliphatic rings. The molecule has 1 saturated heterocycles. The number of nitrogens with one attached hydrogen (secondary N) is 1. The van der Waals surface area contributed by atoms with Crippen LogP contribution >= 0.6 is 0 Å². The Morgan fingerprint density at radius 3 is 2.89 bits per heavy atom. The van der Waals surface area contributed by atoms with E-state index in [0.29, 0.717) is 25.1 Å². The van der Waals surface area contributed by atoms with Crippen molar-refractivity contribution in [3.63, 3.8) is 0 Å². The molecule has 104 valence electrons. The van der Waals surface area contributed by atoms with Crippen molar-refractivity contribution in [1.82, 2.24) is 10.2 Å². The fourth-order valence-electron chi connectivity index (χ4n) is 2.27. The molecule has 1 unspecified atom stereocenters. The highest BCUT2D eigenvalue weighted by Crippen LogP contribution is 2.19. The second-order valence-electron chi connectivity index (χ2n) is 5.33. The smallest absolute Gasteiger partial charge is 0.234 e. The number of carbonyl (C=O) groups excluding carboxylic acids is 1. The number of halogens is 1. The predicted molar refractivity (Wildman–Crippen MR) is 69.9 cm³/mol. The summed E-state index contributed by atoms with van der Waals surface area (Å²) in [6, 6.07) is 6.38. The third kappa shape index (κ3) is 4.01. The average Bonchev–Trinajstić information content (AvgIpc) is 2.67. The summed E-state index contributed by atoms with van der Waals surface area (Å²) in [6.07, 6.45) is 0.674. The number of nitrogens with zero attached hydrogens (tertiary/aromatic N) is 1. The maximum Gasteiger partial charge on any atom is 0.234 e. The van der Waals surface area contributed by atoms with Crippen LogP contribution in [0.5, 0.6) is 0 Å². The van der Waals surface area contributed by atoms with E-state index >= 15 is 0 Å². The average molecular weight is 266 g/mol. The van der Waals surface area contributed by atoms with Crippen LogP contribution in [-0.2, 0) is 11.3 Å². The summed E-state index contributed by atoms with van der Waals surface area (Å²) in [7, 11) is 0. The number of hydrogen-bond acceptors (Lipinski definition) is 3. The molecular formula is C14H19FN2O2. The van der Waals surface area contributed by atoms with Gasteiger partial charge < -0.3 is 10.4 Å². The van der Waals surface area contributed by atoms with Gasteiger partial charge in [0.2, 0.25) is 5.91 Å². The van der Waals surface area contributed by atoms with Crippen LogP contribution in [0.3, 0.4) is 0 Å². The van der Waals surface area contributed by atoms with E-state index in [1.807, 2.05) is 4.90 Å². The van der Waals surface area contributed by atoms with Crippen molar-refractivity contribution < 1.29 is 14.3 Å². The second-order valence-corrected chi connectivity index (χ2v) is 5.33. The molecule has 1 heterocycles. The minimum absolute atomic E-state index is 0.152. The summed E-state index contributed by atoms with van der Waals surface area (Å²) in [5, 5.41) is 12.5. The lowest BCUT2D eigenvalue weighted by atomic mass is 10.1. The molecule has 0 bridgehead atoms. The van der Waals surface area contributed by atoms with Crippen molar-refractivity contribution in [2.45, 2.75) is 25.5 Å². The molecule has 0 aliphatic carbocycles. The minimum atomic E-state index is -0.703. The summed E-state index contributed by atoms with van der Waals surface area (Å²) in [6.45, 7) is 3.41. The third-order valence-corrected chi connectivity index (χ3v) is 3.33. The zero-order chi connectivity index (χ0) is 13.9. The topological polar surface area (TPSA) is 52.6 Å². The van der Waals surface area contributed by atoms with E-state index < -0.39 is 5.60 Å². The van der Waals surface area contributed by atoms with E-state index in [4.69, 9.17) is 0 Å². The number of carbonyl (C=O) groups is 1. The third-order valence-electron chi connectivity index (χ3n) is 3.33. The molecule has 1 amide bonds. The summed E-state index contributed by atoms with van der Waals surface area (Å²) in [4.78, 5) is 13.6. The SMILES string of the molecule is CC1(O)CCN(CC(=O)NCc2ccccc2F)C1. The van der Waals surface area contributed by atoms with Crippen LogP contribution in [-0.4, -0.2) is 41.1 Å². The van der Waals surface area contributed by atoms with E-state index in [1.165, 1.54) is 6.07 Å². The molecule has 5 heteroatoms. The predicted octanol–water partition coefficient (Wildman–Crippen LogP) is 0.899. The number of hydrogen-bond donors (Lipinski definition) is 2. The number of benzene rings is 1. The number of β-amino-alcohol motifs (C(OH)–C–C–N with tert-alkyl or cyclic N) is 1. The van der Waals surface area contributed by atoms with Gasteiger partial charge in [-0.1, -0.05) is 18.2 Å². The molecule has 4 nitrogen and oxygen atoms in total. The van der Waals surface area contributed by atoms with Gasteiger partial charge in [0.15, 0.2) is 0 Å². The van der Waals surface area contributed by atoms with Gasteiger partial charge in [0.1, 0.15) is 5.82 Å². The Kier molecular flexibility index (Phi) is 4.17. The highest BCUT2D eigenvalue weighted by atomic mass is 19.1. The number of aliphatic hydroxyl groups is 1. The van der Waals surface area contributed by atoms with Gasteiger partial charge >= 0.3 is 0 Å². The van der Waals surface area contributed by atoms with Gasteiger partial charge in [-0.2, -0.15) is 0 Å². The zero-order valence-corrected chi connectivity index (χ0v) is 11.0. The lowest BCUT2D eigenvalue weighted by molar-refractivity contribution is -0.122. The van der Waals surface area contributed by atoms with Crippen molar-refractivity contribution >= 4 is 5.91 Å². The van der Waals surface area contributed by atoms with Crippen LogP contribution in [0.15, 0.2) is 24.3 Å². The summed E-state index contributed by atoms with van der Waals surface area (Å²) in [5.41, 5.74) is -0.226. The molecule has 0 saturated carbocycles. The van der Waals surface area contributed by atoms with Crippen LogP contribution in [0, 0.1) is 5.82 Å². The number of amides is 1. The van der Waals surface area contributed by atoms with Crippen LogP contribution in [0.2, 0.25) is 0 Å². The van der Waals surface area contributed by atoms with Gasteiger partial charge in [-0.25, -0.2) is 4.39 Å². The van der Waals surface area contributed by atoms with Gasteiger partial charge in [-0.05, 0) is 19.4 Å². The number of likely N-dealkylation sites (tertiary alicyclic amines) is 1. The highest BCUT2D eigenvalue weighted by molar-refractivity contribution is 5.78. The van der Waals surface area contributed by atoms with E-state index in [9.17, 15) is 14.3 Å². The van der Waals surface area contributed by atoms with Crippen molar-refractivity contribution in [2.75, 3.05) is 19.6 Å². The Morgan fingerprint density at radius 2 is 2.26 bits per heavy atom. The van der Waals surface area contributed by atoms with Crippen LogP contribution in [0.4, 0.5) is 4.39 Å². The van der Waals surface area contributed by atoms with Gasteiger partial charge in [0.25, 0.3) is 0 Å². The molecule has 1 aromatic carbocycles. The molecule has 0 radical (unpaired) electrons. The molecule has 0 spiro atoms. The molecule has 2 rings (SSSR count). The fourth-order valence-corrected chi connectivity index (χ4v) is 2.27. The first-order valence-electron chi connectivity index (χ1n) is 6.41. The Bertz CT molecular complexity index is 463. The van der Waals surface area contributed by atoms with Crippen molar-refractivity contribution in [1.29, 1.82) is 0 Å². The molecule has 19 heavy (non-hydrogen) atoms. The first-order valence-corrected chi connectivity index (χ1v) is 6.41. The van der Waals surface area contributed by atoms with Gasteiger partial charge in [-0.15, -0.1) is 0 Å². The zero-order valence-electron chi connectivity index (χ0n) is 11.0. The maximum absolute atomic E-state index is 13.4. The van der Waals surface area contributed by atoms with Crippen molar-refractivity contribution in [3.8, 4) is 0 Å². The summed E-state index contributed by atoms with van der Waals surface area (Å²) in [5.74, 6) is -0.465. The van der Waals surface area contributed by atoms with Crippen LogP contribution in [0.1, 0.15) is 18.9 Å². The fraction of sp³-hybridized carbons (Fsp3) is 0.500. The number of rotatable bonds is 4. The Balaban J connectivity index is 1.78. The normalized spacial score (nSPS) is 23.5. The van der Waals surface area contributed by atoms with E-state index in [1.54, 1.807) is 25.1 Å². The van der Waals surface area contributed by atoms with Crippen LogP contribution in [0.25, 0.3) is 0 Å². The van der Waals surface area contributed by atoms with Crippen molar-refractivity contribution in [2.24, 2.45) is 0 Å². The van der Waals surface area contributed by atoms with Crippen molar-refractivity contribution in [3.05, 3.63) is 35.6 Å². The lowest BCUT2D eigenvalue weighted by Crippen LogP contribution is -2.38. The Labute approximate surface area is 112 Å². The lowest BCUT2D eigenvalue weighted by Gasteiger charge is -2.18. The molecule has 1 aliphatic heterocycles. The second kappa shape index (κ2) is 5.67. The molecule has 0 aromatic heterocycles. The van der Waals surface area contributed by atoms with E-state index in [2.05, 4.69) is 5.32 Å². The first kappa shape index (κ1) is 14.0. The molecule has 1 aromatic rings. The Morgan fingerprint density at radius 1 is 1.53 bits per heavy atom. The molecule has 1 fully saturated rings. The largest absolute Gasteiger partial charge is 0.389 e. The summed E-state index contributed by atoms with van der Waals surface area (Å²) < 4.78 is 13.4.